The fourth-order valence-electron chi connectivity index (χ4n) is 13.4. The summed E-state index contributed by atoms with van der Waals surface area (Å²) in [7, 11) is 6.27. The second-order valence-corrected chi connectivity index (χ2v) is 31.9. The van der Waals surface area contributed by atoms with Crippen molar-refractivity contribution in [1.82, 2.24) is 56.8 Å². The van der Waals surface area contributed by atoms with E-state index >= 15 is 0 Å². The van der Waals surface area contributed by atoms with Crippen LogP contribution in [0.1, 0.15) is 152 Å². The average Bonchev–Trinajstić information content (AvgIpc) is 1.53. The van der Waals surface area contributed by atoms with Crippen molar-refractivity contribution < 1.29 is 67.1 Å². The van der Waals surface area contributed by atoms with Crippen LogP contribution in [-0.2, 0) is 62.3 Å². The number of nitrogens with two attached hydrogens (primary N) is 1. The van der Waals surface area contributed by atoms with Crippen LogP contribution in [-0.4, -0.2) is 193 Å². The molecule has 27 heteroatoms. The Kier molecular flexibility index (Phi) is 25.0. The van der Waals surface area contributed by atoms with Gasteiger partial charge in [-0.1, -0.05) is 156 Å². The number of alkyl carbamates (subject to hydrolysis) is 1. The number of benzene rings is 2. The molecule has 2 heterocycles. The first-order chi connectivity index (χ1) is 45.0. The van der Waals surface area contributed by atoms with Crippen LogP contribution in [0.25, 0.3) is 0 Å². The minimum atomic E-state index is -1.17. The van der Waals surface area contributed by atoms with E-state index in [2.05, 4.69) is 51.1 Å². The highest BCUT2D eigenvalue weighted by molar-refractivity contribution is 6.39. The van der Waals surface area contributed by atoms with Gasteiger partial charge in [0, 0.05) is 41.3 Å². The van der Waals surface area contributed by atoms with Crippen LogP contribution in [0.15, 0.2) is 60.7 Å². The summed E-state index contributed by atoms with van der Waals surface area (Å²) in [5, 5.41) is 18.3. The summed E-state index contributed by atoms with van der Waals surface area (Å²) in [4.78, 5) is 178. The van der Waals surface area contributed by atoms with E-state index in [1.807, 2.05) is 55.4 Å². The summed E-state index contributed by atoms with van der Waals surface area (Å²) < 4.78 is 5.43. The molecular weight excluding hydrogens is 1280 g/mol. The Balaban J connectivity index is 0.000000309. The molecule has 98 heavy (non-hydrogen) atoms. The molecule has 0 bridgehead atoms. The van der Waals surface area contributed by atoms with Crippen LogP contribution in [0.3, 0.4) is 0 Å². The Labute approximate surface area is 582 Å². The van der Waals surface area contributed by atoms with Crippen molar-refractivity contribution >= 4 is 89.1 Å². The van der Waals surface area contributed by atoms with Crippen LogP contribution < -0.4 is 43.0 Å². The molecule has 0 spiro atoms. The zero-order valence-corrected chi connectivity index (χ0v) is 60.7. The van der Waals surface area contributed by atoms with E-state index < -0.39 is 137 Å². The summed E-state index contributed by atoms with van der Waals surface area (Å²) in [6, 6.07) is 9.58. The maximum absolute atomic E-state index is 14.2. The van der Waals surface area contributed by atoms with Crippen molar-refractivity contribution in [3.63, 3.8) is 0 Å². The third-order valence-corrected chi connectivity index (χ3v) is 19.8. The number of hydrogen-bond donors (Lipinski definition) is 8. The molecule has 2 saturated heterocycles. The number of halogens is 1. The number of amides is 11. The van der Waals surface area contributed by atoms with Crippen LogP contribution >= 0.6 is 12.4 Å². The second-order valence-electron chi connectivity index (χ2n) is 31.9. The van der Waals surface area contributed by atoms with Gasteiger partial charge in [-0.2, -0.15) is 0 Å². The van der Waals surface area contributed by atoms with E-state index in [1.165, 1.54) is 14.7 Å². The normalized spacial score (nSPS) is 22.6. The number of ether oxygens (including phenoxy) is 1. The Hall–Kier alpha value is -8.00. The largest absolute Gasteiger partial charge is 0.444 e. The van der Waals surface area contributed by atoms with Gasteiger partial charge in [-0.15, -0.1) is 12.4 Å². The molecule has 2 aromatic rings. The number of carbonyl (C=O) groups is 13. The molecule has 4 saturated carbocycles. The number of likely N-dealkylation sites (N-methyl/N-ethyl adjacent to an activating group) is 2. The lowest BCUT2D eigenvalue weighted by molar-refractivity contribution is -0.145. The number of piperidine rings is 2. The summed E-state index contributed by atoms with van der Waals surface area (Å²) in [6.45, 7) is 24.0. The van der Waals surface area contributed by atoms with Gasteiger partial charge in [0.1, 0.15) is 35.8 Å². The molecule has 12 atom stereocenters. The number of nitrogens with one attached hydrogen (secondary N) is 7. The number of fused-ring (bicyclic) bond motifs is 2. The molecule has 0 radical (unpaired) electrons. The SMILES string of the molecule is CN(C)C(=O)[C@@H](NC(=O)CNC(=O)C(=O)C(CC1CC1)NC(=O)[C@@H]1[C@@H]2[C@H](CN1C(=O)[C@@H](N)C(C)(C)C)C2(C)C)c1ccccc1.CN(C)C(=O)[C@@H](NC(=O)CNC(=O)C(=O)C(CC1CC1)NC(=O)[C@@H]1[C@@H]2[C@H](CN1C(=O)[C@@H](NC(=O)OC(C)(C)C)C(C)(C)C)C2(C)C)c1ccccc1.Cl. The van der Waals surface area contributed by atoms with Gasteiger partial charge >= 0.3 is 6.09 Å². The number of carbonyl (C=O) groups excluding carboxylic acids is 13. The zero-order chi connectivity index (χ0) is 72.4. The Morgan fingerprint density at radius 1 is 0.531 bits per heavy atom. The molecule has 540 valence electrons. The van der Waals surface area contributed by atoms with Gasteiger partial charge < -0.3 is 67.3 Å². The highest BCUT2D eigenvalue weighted by Crippen LogP contribution is 2.66. The summed E-state index contributed by atoms with van der Waals surface area (Å²) in [6.07, 6.45) is 3.24. The molecule has 6 fully saturated rings. The summed E-state index contributed by atoms with van der Waals surface area (Å²) in [5.41, 5.74) is 5.03. The van der Waals surface area contributed by atoms with Gasteiger partial charge in [0.05, 0.1) is 31.2 Å². The number of ketones is 2. The van der Waals surface area contributed by atoms with E-state index in [4.69, 9.17) is 10.5 Å². The summed E-state index contributed by atoms with van der Waals surface area (Å²) >= 11 is 0. The van der Waals surface area contributed by atoms with E-state index in [0.29, 0.717) is 24.2 Å². The minimum Gasteiger partial charge on any atom is -0.444 e. The van der Waals surface area contributed by atoms with Crippen molar-refractivity contribution in [1.29, 1.82) is 0 Å². The highest BCUT2D eigenvalue weighted by Gasteiger charge is 2.71. The fourth-order valence-corrected chi connectivity index (χ4v) is 13.4. The van der Waals surface area contributed by atoms with E-state index in [-0.39, 0.29) is 89.3 Å². The lowest BCUT2D eigenvalue weighted by atomic mass is 9.85. The van der Waals surface area contributed by atoms with E-state index in [9.17, 15) is 62.3 Å². The maximum atomic E-state index is 14.2. The van der Waals surface area contributed by atoms with E-state index in [0.717, 1.165) is 25.7 Å². The first-order valence-corrected chi connectivity index (χ1v) is 33.7. The Morgan fingerprint density at radius 2 is 0.888 bits per heavy atom. The van der Waals surface area contributed by atoms with Crippen LogP contribution in [0.5, 0.6) is 0 Å². The van der Waals surface area contributed by atoms with Gasteiger partial charge in [-0.25, -0.2) is 4.79 Å². The van der Waals surface area contributed by atoms with Gasteiger partial charge in [0.15, 0.2) is 0 Å². The number of nitrogens with zero attached hydrogens (tertiary/aromatic N) is 4. The molecule has 26 nitrogen and oxygen atoms in total. The van der Waals surface area contributed by atoms with E-state index in [1.54, 1.807) is 115 Å². The van der Waals surface area contributed by atoms with Crippen molar-refractivity contribution in [2.75, 3.05) is 54.4 Å². The molecule has 2 aromatic carbocycles. The number of likely N-dealkylation sites (tertiary alicyclic amines) is 2. The molecular formula is C71H105ClN12O14. The third kappa shape index (κ3) is 19.5. The monoisotopic (exact) mass is 1380 g/mol. The number of Topliss-reactive ketones (excluding diaryl/α,β-unsaturated/α-hetero) is 2. The van der Waals surface area contributed by atoms with Crippen molar-refractivity contribution in [3.8, 4) is 0 Å². The third-order valence-electron chi connectivity index (χ3n) is 19.8. The van der Waals surface area contributed by atoms with Gasteiger partial charge in [-0.05, 0) is 102 Å². The number of rotatable bonds is 25. The lowest BCUT2D eigenvalue weighted by Crippen LogP contribution is -2.61. The molecule has 4 aliphatic carbocycles. The first-order valence-electron chi connectivity index (χ1n) is 33.7. The minimum absolute atomic E-state index is 0. The van der Waals surface area contributed by atoms with Crippen LogP contribution in [0, 0.1) is 57.2 Å². The Morgan fingerprint density at radius 3 is 1.20 bits per heavy atom. The molecule has 6 aliphatic rings. The van der Waals surface area contributed by atoms with Gasteiger partial charge in [0.2, 0.25) is 58.8 Å². The first kappa shape index (κ1) is 79.0. The van der Waals surface area contributed by atoms with Crippen molar-refractivity contribution in [2.24, 2.45) is 62.9 Å². The average molecular weight is 1390 g/mol. The smallest absolute Gasteiger partial charge is 0.408 e. The molecule has 8 rings (SSSR count). The molecule has 9 N–H and O–H groups in total. The maximum Gasteiger partial charge on any atom is 0.408 e. The van der Waals surface area contributed by atoms with Gasteiger partial charge in [-0.3, -0.25) is 57.5 Å². The van der Waals surface area contributed by atoms with Crippen LogP contribution in [0.2, 0.25) is 0 Å². The molecule has 2 unspecified atom stereocenters. The Bertz CT molecular complexity index is 3340. The summed E-state index contributed by atoms with van der Waals surface area (Å²) in [5.74, 6) is -7.38. The highest BCUT2D eigenvalue weighted by atomic mass is 35.5. The fraction of sp³-hybridized carbons (Fsp3) is 0.648. The van der Waals surface area contributed by atoms with Crippen LogP contribution in [0.4, 0.5) is 4.79 Å². The van der Waals surface area contributed by atoms with Crippen molar-refractivity contribution in [2.45, 2.75) is 182 Å². The second kappa shape index (κ2) is 31.0. The topological polar surface area (TPSA) is 354 Å². The number of hydrogen-bond acceptors (Lipinski definition) is 15. The standard InChI is InChI=1S/C38H56N6O8.C33H48N6O6.ClH/c1-36(2,3)30(42-35(51)52-37(4,5)6)34(50)44-20-23-26(38(23,7)8)28(44)31(47)40-24(18-21-16-17-21)29(46)32(48)39-19-25(45)41-27(33(49)43(9)10)22-14-12-11-13-15-22;1-32(2,3)27(34)31(45)39-17-20-23(33(20,4)5)25(39)28(42)36-21(15-18-13-14-18)26(41)29(43)35-16-22(40)37-24(30(44)38(6)7)19-11-9-8-10-12-19;/h11-15,21,23-24,26-28,30H,16-20H2,1-10H3,(H,39,48)(H,40,47)(H,41,45)(H,42,51);8-12,18,20-21,23-25,27H,13-17,34H2,1-7H3,(H,35,43)(H,36,42)(H,37,40);1H/t23-,24?,26-,27-,28-,30+;20-,21?,23-,24-,25-,27+;/m00./s1. The van der Waals surface area contributed by atoms with Crippen molar-refractivity contribution in [3.05, 3.63) is 71.8 Å². The predicted octanol–water partition coefficient (Wildman–Crippen LogP) is 3.51. The predicted molar refractivity (Wildman–Crippen MR) is 366 cm³/mol. The quantitative estimate of drug-likeness (QED) is 0.0660. The zero-order valence-electron chi connectivity index (χ0n) is 59.9. The lowest BCUT2D eigenvalue weighted by Gasteiger charge is -2.38. The molecule has 11 amide bonds. The molecule has 0 aromatic heterocycles. The molecule has 2 aliphatic heterocycles. The van der Waals surface area contributed by atoms with Gasteiger partial charge in [0.25, 0.3) is 11.8 Å².